The lowest BCUT2D eigenvalue weighted by molar-refractivity contribution is 0.666. The van der Waals surface area contributed by atoms with Gasteiger partial charge in [-0.2, -0.15) is 0 Å². The van der Waals surface area contributed by atoms with E-state index in [1.807, 2.05) is 18.2 Å². The highest BCUT2D eigenvalue weighted by Crippen LogP contribution is 2.49. The molecule has 0 radical (unpaired) electrons. The average Bonchev–Trinajstić information content (AvgIpc) is 3.95. The summed E-state index contributed by atoms with van der Waals surface area (Å²) in [5.41, 5.74) is 11.3. The first-order valence-electron chi connectivity index (χ1n) is 18.3. The van der Waals surface area contributed by atoms with Gasteiger partial charge in [0.05, 0.1) is 33.0 Å². The lowest BCUT2D eigenvalue weighted by atomic mass is 9.95. The van der Waals surface area contributed by atoms with E-state index in [0.29, 0.717) is 11.5 Å². The smallest absolute Gasteiger partial charge is 0.236 e. The zero-order valence-electron chi connectivity index (χ0n) is 28.5. The highest BCUT2D eigenvalue weighted by Gasteiger charge is 2.28. The Morgan fingerprint density at radius 1 is 0.426 bits per heavy atom. The van der Waals surface area contributed by atoms with Gasteiger partial charge in [0.15, 0.2) is 5.58 Å². The van der Waals surface area contributed by atoms with Crippen LogP contribution in [0.4, 0.5) is 0 Å². The summed E-state index contributed by atoms with van der Waals surface area (Å²) in [7, 11) is 0. The van der Waals surface area contributed by atoms with Gasteiger partial charge in [0, 0.05) is 37.9 Å². The van der Waals surface area contributed by atoms with Crippen LogP contribution in [0.2, 0.25) is 0 Å². The number of hydrogen-bond donors (Lipinski definition) is 0. The van der Waals surface area contributed by atoms with Crippen molar-refractivity contribution in [3.63, 3.8) is 0 Å². The summed E-state index contributed by atoms with van der Waals surface area (Å²) in [6.07, 6.45) is 0. The van der Waals surface area contributed by atoms with E-state index in [4.69, 9.17) is 18.8 Å². The fraction of sp³-hybridized carbons (Fsp3) is 0. The van der Waals surface area contributed by atoms with Crippen LogP contribution < -0.4 is 0 Å². The average molecular weight is 689 g/mol. The van der Waals surface area contributed by atoms with Gasteiger partial charge in [-0.25, -0.2) is 9.97 Å². The maximum Gasteiger partial charge on any atom is 0.236 e. The standard InChI is InChI=1S/C48H24N4O2/c1-2-11-26-25(10-1)24-32(28-13-4-3-12-27(26)28)45-47-44(31-15-6-8-18-37(31)54-47)49-48(50-45)52-35-22-23-39-43-40-34(17-9-19-38(40)53-39)51-33-16-7-5-14-29(33)30-20-21-36(52)42(41(35)43)46(30)51/h1-24H. The zero-order valence-corrected chi connectivity index (χ0v) is 28.5. The second-order valence-electron chi connectivity index (χ2n) is 14.5. The summed E-state index contributed by atoms with van der Waals surface area (Å²) in [5.74, 6) is 0.594. The first-order chi connectivity index (χ1) is 26.8. The van der Waals surface area contributed by atoms with Gasteiger partial charge in [0.25, 0.3) is 0 Å². The van der Waals surface area contributed by atoms with E-state index in [0.717, 1.165) is 82.4 Å². The molecule has 8 aromatic carbocycles. The minimum absolute atomic E-state index is 0.594. The quantitative estimate of drug-likeness (QED) is 0.170. The number of aromatic nitrogens is 4. The van der Waals surface area contributed by atoms with Crippen LogP contribution in [0.1, 0.15) is 0 Å². The molecule has 0 saturated carbocycles. The molecule has 0 fully saturated rings. The first kappa shape index (κ1) is 27.2. The number of rotatable bonds is 2. The summed E-state index contributed by atoms with van der Waals surface area (Å²) in [6, 6.07) is 51.5. The molecule has 0 N–H and O–H groups in total. The van der Waals surface area contributed by atoms with Crippen molar-refractivity contribution >= 4 is 115 Å². The maximum atomic E-state index is 6.69. The minimum atomic E-state index is 0.594. The normalized spacial score (nSPS) is 12.8. The van der Waals surface area contributed by atoms with E-state index in [2.05, 4.69) is 136 Å². The molecular formula is C48H24N4O2. The topological polar surface area (TPSA) is 61.4 Å². The van der Waals surface area contributed by atoms with Crippen LogP contribution in [0, 0.1) is 0 Å². The third kappa shape index (κ3) is 3.12. The lowest BCUT2D eigenvalue weighted by Crippen LogP contribution is -2.03. The van der Waals surface area contributed by atoms with E-state index < -0.39 is 0 Å². The molecule has 6 heteroatoms. The Kier molecular flexibility index (Phi) is 4.70. The molecule has 0 aliphatic rings. The number of hydrogen-bond acceptors (Lipinski definition) is 4. The van der Waals surface area contributed by atoms with Crippen molar-refractivity contribution < 1.29 is 8.83 Å². The molecule has 0 saturated heterocycles. The van der Waals surface area contributed by atoms with Crippen LogP contribution >= 0.6 is 0 Å². The second kappa shape index (κ2) is 9.31. The van der Waals surface area contributed by atoms with Gasteiger partial charge in [-0.1, -0.05) is 91.0 Å². The molecule has 0 aliphatic heterocycles. The Morgan fingerprint density at radius 3 is 2.06 bits per heavy atom. The number of benzene rings is 8. The molecule has 0 unspecified atom stereocenters. The predicted molar refractivity (Wildman–Crippen MR) is 220 cm³/mol. The molecule has 6 aromatic heterocycles. The summed E-state index contributed by atoms with van der Waals surface area (Å²) in [5, 5.41) is 12.6. The van der Waals surface area contributed by atoms with Crippen LogP contribution in [-0.2, 0) is 0 Å². The molecule has 248 valence electrons. The summed E-state index contributed by atoms with van der Waals surface area (Å²) in [6.45, 7) is 0. The minimum Gasteiger partial charge on any atom is -0.456 e. The van der Waals surface area contributed by atoms with Crippen LogP contribution in [0.25, 0.3) is 132 Å². The van der Waals surface area contributed by atoms with Gasteiger partial charge in [-0.05, 0) is 76.1 Å². The molecule has 0 atom stereocenters. The highest BCUT2D eigenvalue weighted by atomic mass is 16.3. The largest absolute Gasteiger partial charge is 0.456 e. The summed E-state index contributed by atoms with van der Waals surface area (Å²) < 4.78 is 18.0. The van der Waals surface area contributed by atoms with Crippen molar-refractivity contribution in [2.24, 2.45) is 0 Å². The molecule has 0 bridgehead atoms. The first-order valence-corrected chi connectivity index (χ1v) is 18.3. The van der Waals surface area contributed by atoms with Gasteiger partial charge >= 0.3 is 0 Å². The number of furan rings is 2. The van der Waals surface area contributed by atoms with E-state index in [1.54, 1.807) is 0 Å². The second-order valence-corrected chi connectivity index (χ2v) is 14.5. The third-order valence-corrected chi connectivity index (χ3v) is 11.8. The van der Waals surface area contributed by atoms with Gasteiger partial charge < -0.3 is 13.2 Å². The molecule has 6 nitrogen and oxygen atoms in total. The Labute approximate surface area is 304 Å². The fourth-order valence-electron chi connectivity index (χ4n) is 9.69. The predicted octanol–water partition coefficient (Wildman–Crippen LogP) is 12.8. The Hall–Kier alpha value is -7.44. The maximum absolute atomic E-state index is 6.69. The van der Waals surface area contributed by atoms with E-state index in [1.165, 1.54) is 38.0 Å². The van der Waals surface area contributed by atoms with E-state index in [-0.39, 0.29) is 0 Å². The highest BCUT2D eigenvalue weighted by molar-refractivity contribution is 6.37. The monoisotopic (exact) mass is 688 g/mol. The fourth-order valence-corrected chi connectivity index (χ4v) is 9.69. The molecular weight excluding hydrogens is 665 g/mol. The van der Waals surface area contributed by atoms with E-state index >= 15 is 0 Å². The number of para-hydroxylation sites is 2. The molecule has 0 aliphatic carbocycles. The molecule has 14 aromatic rings. The Morgan fingerprint density at radius 2 is 1.13 bits per heavy atom. The van der Waals surface area contributed by atoms with Crippen molar-refractivity contribution in [2.75, 3.05) is 0 Å². The van der Waals surface area contributed by atoms with Gasteiger partial charge in [-0.15, -0.1) is 0 Å². The summed E-state index contributed by atoms with van der Waals surface area (Å²) in [4.78, 5) is 11.0. The van der Waals surface area contributed by atoms with Gasteiger partial charge in [0.2, 0.25) is 5.95 Å². The van der Waals surface area contributed by atoms with Crippen molar-refractivity contribution in [3.05, 3.63) is 146 Å². The molecule has 6 heterocycles. The van der Waals surface area contributed by atoms with Crippen molar-refractivity contribution in [3.8, 4) is 17.2 Å². The van der Waals surface area contributed by atoms with Gasteiger partial charge in [0.1, 0.15) is 28.0 Å². The van der Waals surface area contributed by atoms with Crippen LogP contribution in [0.15, 0.2) is 154 Å². The molecule has 14 rings (SSSR count). The molecule has 54 heavy (non-hydrogen) atoms. The van der Waals surface area contributed by atoms with Crippen molar-refractivity contribution in [1.82, 2.24) is 18.9 Å². The SMILES string of the molecule is c1ccc2c(c1)cc(-c1nc(-n3c4ccc5oc6cccc7c6c5c4c4c3ccc3c5ccccc5n7c34)nc3c1oc1ccccc13)c1ccccc12. The Bertz CT molecular complexity index is 3910. The zero-order chi connectivity index (χ0) is 34.8. The van der Waals surface area contributed by atoms with Crippen LogP contribution in [-0.4, -0.2) is 18.9 Å². The van der Waals surface area contributed by atoms with Crippen LogP contribution in [0.5, 0.6) is 0 Å². The lowest BCUT2D eigenvalue weighted by Gasteiger charge is -2.13. The Balaban J connectivity index is 1.21. The van der Waals surface area contributed by atoms with E-state index in [9.17, 15) is 0 Å². The number of nitrogens with zero attached hydrogens (tertiary/aromatic N) is 4. The summed E-state index contributed by atoms with van der Waals surface area (Å²) >= 11 is 0. The van der Waals surface area contributed by atoms with Crippen LogP contribution in [0.3, 0.4) is 0 Å². The molecule has 0 amide bonds. The molecule has 0 spiro atoms. The van der Waals surface area contributed by atoms with Crippen molar-refractivity contribution in [1.29, 1.82) is 0 Å². The number of fused-ring (bicyclic) bond motifs is 10. The van der Waals surface area contributed by atoms with Crippen molar-refractivity contribution in [2.45, 2.75) is 0 Å². The van der Waals surface area contributed by atoms with Gasteiger partial charge in [-0.3, -0.25) is 4.57 Å². The third-order valence-electron chi connectivity index (χ3n) is 11.8.